The average molecular weight is 431 g/mol. The molecule has 5 nitrogen and oxygen atoms in total. The van der Waals surface area contributed by atoms with Crippen molar-refractivity contribution in [3.8, 4) is 0 Å². The van der Waals surface area contributed by atoms with Gasteiger partial charge in [-0.3, -0.25) is 9.69 Å². The molecule has 1 aliphatic rings. The Hall–Kier alpha value is -2.92. The summed E-state index contributed by atoms with van der Waals surface area (Å²) in [6, 6.07) is 14.8. The molecule has 2 heterocycles. The number of nitrogens with zero attached hydrogens (tertiary/aromatic N) is 3. The summed E-state index contributed by atoms with van der Waals surface area (Å²) in [5, 5.41) is 2.99. The molecule has 0 atom stereocenters. The quantitative estimate of drug-likeness (QED) is 0.446. The first-order chi connectivity index (χ1) is 15.6. The smallest absolute Gasteiger partial charge is 0.224 e. The molecule has 0 radical (unpaired) electrons. The second-order valence-corrected chi connectivity index (χ2v) is 8.75. The number of nitrogens with one attached hydrogen (secondary N) is 1. The van der Waals surface area contributed by atoms with Gasteiger partial charge in [0.05, 0.1) is 17.4 Å². The first kappa shape index (κ1) is 22.3. The Bertz CT molecular complexity index is 1080. The zero-order chi connectivity index (χ0) is 22.3. The molecule has 1 N–H and O–H groups in total. The zero-order valence-electron chi connectivity index (χ0n) is 19.3. The van der Waals surface area contributed by atoms with Gasteiger partial charge < -0.3 is 9.88 Å². The number of fused-ring (bicyclic) bond motifs is 1. The highest BCUT2D eigenvalue weighted by Crippen LogP contribution is 2.24. The standard InChI is InChI=1S/C27H34N4O/c1-3-9-26(32)29-24-18-21(2)27-25(19-24)28-20-31(27)15-8-7-14-30-16-12-23(13-17-30)22-10-5-4-6-11-22/h4-6,10-12,18-20H,3,7-9,13-17H2,1-2H3,(H,29,32). The van der Waals surface area contributed by atoms with Crippen LogP contribution < -0.4 is 5.32 Å². The van der Waals surface area contributed by atoms with Crippen LogP contribution in [0, 0.1) is 6.92 Å². The summed E-state index contributed by atoms with van der Waals surface area (Å²) in [6.45, 7) is 8.40. The molecule has 0 saturated heterocycles. The molecule has 168 valence electrons. The lowest BCUT2D eigenvalue weighted by Crippen LogP contribution is -2.29. The van der Waals surface area contributed by atoms with E-state index in [1.54, 1.807) is 0 Å². The molecule has 0 saturated carbocycles. The molecule has 0 spiro atoms. The van der Waals surface area contributed by atoms with Crippen molar-refractivity contribution in [2.24, 2.45) is 0 Å². The summed E-state index contributed by atoms with van der Waals surface area (Å²) in [7, 11) is 0. The molecule has 3 aromatic rings. The highest BCUT2D eigenvalue weighted by Gasteiger charge is 2.13. The van der Waals surface area contributed by atoms with Crippen LogP contribution in [0.2, 0.25) is 0 Å². The number of anilines is 1. The fourth-order valence-electron chi connectivity index (χ4n) is 4.56. The van der Waals surface area contributed by atoms with E-state index in [1.165, 1.54) is 23.1 Å². The topological polar surface area (TPSA) is 50.2 Å². The lowest BCUT2D eigenvalue weighted by Gasteiger charge is -2.26. The fourth-order valence-corrected chi connectivity index (χ4v) is 4.56. The Labute approximate surface area is 191 Å². The van der Waals surface area contributed by atoms with Gasteiger partial charge in [-0.25, -0.2) is 4.98 Å². The van der Waals surface area contributed by atoms with E-state index >= 15 is 0 Å². The molecule has 1 aromatic heterocycles. The number of imidazole rings is 1. The lowest BCUT2D eigenvalue weighted by molar-refractivity contribution is -0.116. The summed E-state index contributed by atoms with van der Waals surface area (Å²) >= 11 is 0. The van der Waals surface area contributed by atoms with Crippen molar-refractivity contribution in [1.82, 2.24) is 14.5 Å². The molecule has 0 fully saturated rings. The van der Waals surface area contributed by atoms with Crippen LogP contribution in [0.1, 0.15) is 50.2 Å². The van der Waals surface area contributed by atoms with Crippen LogP contribution in [0.25, 0.3) is 16.6 Å². The number of aryl methyl sites for hydroxylation is 2. The number of aromatic nitrogens is 2. The second-order valence-electron chi connectivity index (χ2n) is 8.75. The SMILES string of the molecule is CCCC(=O)Nc1cc(C)c2c(c1)ncn2CCCCN1CC=C(c2ccccc2)CC1. The Balaban J connectivity index is 1.28. The first-order valence-corrected chi connectivity index (χ1v) is 11.9. The van der Waals surface area contributed by atoms with Crippen LogP contribution in [0.3, 0.4) is 0 Å². The minimum absolute atomic E-state index is 0.0640. The predicted octanol–water partition coefficient (Wildman–Crippen LogP) is 5.65. The Morgan fingerprint density at radius 1 is 1.12 bits per heavy atom. The molecule has 0 aliphatic carbocycles. The second kappa shape index (κ2) is 10.6. The van der Waals surface area contributed by atoms with E-state index in [4.69, 9.17) is 0 Å². The molecule has 2 aromatic carbocycles. The van der Waals surface area contributed by atoms with Crippen LogP contribution >= 0.6 is 0 Å². The van der Waals surface area contributed by atoms with Crippen LogP contribution in [0.15, 0.2) is 54.9 Å². The highest BCUT2D eigenvalue weighted by molar-refractivity contribution is 5.93. The van der Waals surface area contributed by atoms with Crippen molar-refractivity contribution in [2.75, 3.05) is 25.0 Å². The largest absolute Gasteiger partial charge is 0.330 e. The molecule has 0 bridgehead atoms. The van der Waals surface area contributed by atoms with Crippen molar-refractivity contribution >= 4 is 28.2 Å². The van der Waals surface area contributed by atoms with Gasteiger partial charge in [-0.1, -0.05) is 43.3 Å². The Morgan fingerprint density at radius 2 is 1.94 bits per heavy atom. The van der Waals surface area contributed by atoms with E-state index < -0.39 is 0 Å². The summed E-state index contributed by atoms with van der Waals surface area (Å²) in [6.07, 6.45) is 9.17. The number of benzene rings is 2. The maximum absolute atomic E-state index is 11.9. The molecular weight excluding hydrogens is 396 g/mol. The zero-order valence-corrected chi connectivity index (χ0v) is 19.3. The number of amides is 1. The van der Waals surface area contributed by atoms with Gasteiger partial charge in [0.1, 0.15) is 0 Å². The van der Waals surface area contributed by atoms with Gasteiger partial charge in [-0.05, 0) is 68.0 Å². The number of unbranched alkanes of at least 4 members (excludes halogenated alkanes) is 1. The minimum Gasteiger partial charge on any atom is -0.330 e. The van der Waals surface area contributed by atoms with E-state index in [9.17, 15) is 4.79 Å². The van der Waals surface area contributed by atoms with Gasteiger partial charge in [0.15, 0.2) is 0 Å². The monoisotopic (exact) mass is 430 g/mol. The maximum Gasteiger partial charge on any atom is 0.224 e. The molecular formula is C27H34N4O. The van der Waals surface area contributed by atoms with Gasteiger partial charge >= 0.3 is 0 Å². The Morgan fingerprint density at radius 3 is 2.69 bits per heavy atom. The minimum atomic E-state index is 0.0640. The molecule has 1 aliphatic heterocycles. The summed E-state index contributed by atoms with van der Waals surface area (Å²) in [5.41, 5.74) is 6.96. The van der Waals surface area contributed by atoms with Crippen LogP contribution in [0.5, 0.6) is 0 Å². The van der Waals surface area contributed by atoms with E-state index in [0.717, 1.165) is 62.2 Å². The number of hydrogen-bond donors (Lipinski definition) is 1. The van der Waals surface area contributed by atoms with Crippen molar-refractivity contribution in [3.63, 3.8) is 0 Å². The van der Waals surface area contributed by atoms with Gasteiger partial charge in [0.2, 0.25) is 5.91 Å². The first-order valence-electron chi connectivity index (χ1n) is 11.9. The molecule has 0 unspecified atom stereocenters. The third kappa shape index (κ3) is 5.46. The summed E-state index contributed by atoms with van der Waals surface area (Å²) in [4.78, 5) is 19.1. The maximum atomic E-state index is 11.9. The van der Waals surface area contributed by atoms with Gasteiger partial charge in [0, 0.05) is 31.7 Å². The van der Waals surface area contributed by atoms with Crippen molar-refractivity contribution in [1.29, 1.82) is 0 Å². The van der Waals surface area contributed by atoms with Gasteiger partial charge in [-0.15, -0.1) is 0 Å². The van der Waals surface area contributed by atoms with Crippen molar-refractivity contribution in [2.45, 2.75) is 52.5 Å². The van der Waals surface area contributed by atoms with E-state index in [2.05, 4.69) is 69.2 Å². The van der Waals surface area contributed by atoms with Gasteiger partial charge in [-0.2, -0.15) is 0 Å². The molecule has 5 heteroatoms. The van der Waals surface area contributed by atoms with Crippen LogP contribution in [0.4, 0.5) is 5.69 Å². The summed E-state index contributed by atoms with van der Waals surface area (Å²) < 4.78 is 2.26. The number of rotatable bonds is 9. The number of carbonyl (C=O) groups is 1. The summed E-state index contributed by atoms with van der Waals surface area (Å²) in [5.74, 6) is 0.0640. The van der Waals surface area contributed by atoms with Crippen LogP contribution in [-0.4, -0.2) is 40.0 Å². The number of hydrogen-bond acceptors (Lipinski definition) is 3. The van der Waals surface area contributed by atoms with E-state index in [0.29, 0.717) is 6.42 Å². The lowest BCUT2D eigenvalue weighted by atomic mass is 9.99. The molecule has 4 rings (SSSR count). The number of carbonyl (C=O) groups excluding carboxylic acids is 1. The van der Waals surface area contributed by atoms with E-state index in [1.807, 2.05) is 19.3 Å². The average Bonchev–Trinajstić information content (AvgIpc) is 3.21. The highest BCUT2D eigenvalue weighted by atomic mass is 16.1. The van der Waals surface area contributed by atoms with Gasteiger partial charge in [0.25, 0.3) is 0 Å². The Kier molecular flexibility index (Phi) is 7.38. The van der Waals surface area contributed by atoms with Crippen molar-refractivity contribution in [3.05, 3.63) is 66.0 Å². The predicted molar refractivity (Wildman–Crippen MR) is 133 cm³/mol. The molecule has 32 heavy (non-hydrogen) atoms. The van der Waals surface area contributed by atoms with E-state index in [-0.39, 0.29) is 5.91 Å². The third-order valence-electron chi connectivity index (χ3n) is 6.23. The fraction of sp³-hybridized carbons (Fsp3) is 0.407. The van der Waals surface area contributed by atoms with Crippen LogP contribution in [-0.2, 0) is 11.3 Å². The van der Waals surface area contributed by atoms with Crippen molar-refractivity contribution < 1.29 is 4.79 Å². The third-order valence-corrected chi connectivity index (χ3v) is 6.23. The normalized spacial score (nSPS) is 14.5. The molecule has 1 amide bonds.